The number of benzene rings is 1. The Hall–Kier alpha value is -1.36. The number of esters is 1. The van der Waals surface area contributed by atoms with Crippen LogP contribution in [0.4, 0.5) is 0 Å². The van der Waals surface area contributed by atoms with Gasteiger partial charge >= 0.3 is 5.97 Å². The van der Waals surface area contributed by atoms with Crippen LogP contribution >= 0.6 is 15.9 Å². The lowest BCUT2D eigenvalue weighted by molar-refractivity contribution is -0.125. The molecule has 0 saturated heterocycles. The van der Waals surface area contributed by atoms with E-state index >= 15 is 0 Å². The number of hydrogen-bond acceptors (Lipinski definition) is 3. The molecule has 0 aromatic heterocycles. The predicted octanol–water partition coefficient (Wildman–Crippen LogP) is 3.30. The van der Waals surface area contributed by atoms with E-state index in [1.807, 2.05) is 6.07 Å². The van der Waals surface area contributed by atoms with E-state index < -0.39 is 5.97 Å². The third-order valence-electron chi connectivity index (χ3n) is 3.89. The summed E-state index contributed by atoms with van der Waals surface area (Å²) in [5.41, 5.74) is 0.427. The number of carbonyl (C=O) groups is 2. The Labute approximate surface area is 133 Å². The van der Waals surface area contributed by atoms with Crippen molar-refractivity contribution in [2.75, 3.05) is 6.61 Å². The monoisotopic (exact) mass is 353 g/mol. The molecule has 1 amide bonds. The Kier molecular flexibility index (Phi) is 5.79. The molecule has 2 atom stereocenters. The molecule has 1 fully saturated rings. The van der Waals surface area contributed by atoms with E-state index in [4.69, 9.17) is 4.74 Å². The fourth-order valence-corrected chi connectivity index (χ4v) is 3.06. The quantitative estimate of drug-likeness (QED) is 0.844. The van der Waals surface area contributed by atoms with Crippen molar-refractivity contribution in [3.05, 3.63) is 34.3 Å². The Morgan fingerprint density at radius 2 is 2.00 bits per heavy atom. The van der Waals surface area contributed by atoms with E-state index in [2.05, 4.69) is 28.2 Å². The highest BCUT2D eigenvalue weighted by Gasteiger charge is 2.23. The summed E-state index contributed by atoms with van der Waals surface area (Å²) in [5.74, 6) is -0.231. The van der Waals surface area contributed by atoms with Crippen LogP contribution in [0.25, 0.3) is 0 Å². The maximum atomic E-state index is 11.9. The van der Waals surface area contributed by atoms with Gasteiger partial charge in [0.25, 0.3) is 5.91 Å². The van der Waals surface area contributed by atoms with Crippen molar-refractivity contribution < 1.29 is 14.3 Å². The molecule has 1 aromatic rings. The first-order chi connectivity index (χ1) is 10.1. The van der Waals surface area contributed by atoms with Gasteiger partial charge in [-0.1, -0.05) is 31.9 Å². The van der Waals surface area contributed by atoms with Gasteiger partial charge in [0.05, 0.1) is 5.56 Å². The van der Waals surface area contributed by atoms with Gasteiger partial charge in [0.15, 0.2) is 6.61 Å². The second-order valence-electron chi connectivity index (χ2n) is 5.49. The van der Waals surface area contributed by atoms with Gasteiger partial charge in [-0.15, -0.1) is 0 Å². The number of rotatable bonds is 4. The summed E-state index contributed by atoms with van der Waals surface area (Å²) >= 11 is 3.29. The third-order valence-corrected chi connectivity index (χ3v) is 4.58. The summed E-state index contributed by atoms with van der Waals surface area (Å²) in [5, 5.41) is 2.96. The Balaban J connectivity index is 1.81. The van der Waals surface area contributed by atoms with Gasteiger partial charge in [-0.25, -0.2) is 4.79 Å². The zero-order valence-corrected chi connectivity index (χ0v) is 13.7. The Morgan fingerprint density at radius 1 is 1.29 bits per heavy atom. The molecule has 0 heterocycles. The van der Waals surface area contributed by atoms with E-state index in [1.54, 1.807) is 18.2 Å². The molecule has 0 spiro atoms. The van der Waals surface area contributed by atoms with Crippen LogP contribution in [0.3, 0.4) is 0 Å². The first-order valence-electron chi connectivity index (χ1n) is 7.29. The minimum absolute atomic E-state index is 0.202. The summed E-state index contributed by atoms with van der Waals surface area (Å²) in [6.07, 6.45) is 4.52. The number of amides is 1. The van der Waals surface area contributed by atoms with Crippen LogP contribution in [0.1, 0.15) is 43.0 Å². The second-order valence-corrected chi connectivity index (χ2v) is 6.35. The van der Waals surface area contributed by atoms with Gasteiger partial charge in [0.2, 0.25) is 0 Å². The second kappa shape index (κ2) is 7.59. The van der Waals surface area contributed by atoms with Crippen LogP contribution in [0, 0.1) is 5.92 Å². The van der Waals surface area contributed by atoms with Gasteiger partial charge in [-0.05, 0) is 46.8 Å². The summed E-state index contributed by atoms with van der Waals surface area (Å²) in [6.45, 7) is 1.92. The molecule has 0 aliphatic heterocycles. The van der Waals surface area contributed by atoms with E-state index in [-0.39, 0.29) is 18.6 Å². The van der Waals surface area contributed by atoms with Gasteiger partial charge in [0, 0.05) is 10.5 Å². The zero-order chi connectivity index (χ0) is 15.2. The molecule has 114 valence electrons. The average Bonchev–Trinajstić information content (AvgIpc) is 2.48. The van der Waals surface area contributed by atoms with E-state index in [1.165, 1.54) is 6.42 Å². The fraction of sp³-hybridized carbons (Fsp3) is 0.500. The topological polar surface area (TPSA) is 55.4 Å². The maximum Gasteiger partial charge on any atom is 0.339 e. The smallest absolute Gasteiger partial charge is 0.339 e. The molecule has 0 unspecified atom stereocenters. The summed E-state index contributed by atoms with van der Waals surface area (Å²) in [6, 6.07) is 7.20. The molecule has 1 saturated carbocycles. The molecule has 5 heteroatoms. The SMILES string of the molecule is C[C@@H]1CCCC[C@@H]1NC(=O)COC(=O)c1ccccc1Br. The summed E-state index contributed by atoms with van der Waals surface area (Å²) in [4.78, 5) is 23.8. The number of nitrogens with one attached hydrogen (secondary N) is 1. The van der Waals surface area contributed by atoms with Crippen LogP contribution < -0.4 is 5.32 Å². The van der Waals surface area contributed by atoms with Crippen molar-refractivity contribution in [2.24, 2.45) is 5.92 Å². The van der Waals surface area contributed by atoms with Crippen LogP contribution in [-0.2, 0) is 9.53 Å². The molecule has 1 aliphatic carbocycles. The maximum absolute atomic E-state index is 11.9. The van der Waals surface area contributed by atoms with Gasteiger partial charge in [-0.2, -0.15) is 0 Å². The molecule has 4 nitrogen and oxygen atoms in total. The molecule has 21 heavy (non-hydrogen) atoms. The first kappa shape index (κ1) is 16.0. The fourth-order valence-electron chi connectivity index (χ4n) is 2.61. The molecular formula is C16H20BrNO3. The zero-order valence-electron chi connectivity index (χ0n) is 12.1. The van der Waals surface area contributed by atoms with Crippen molar-refractivity contribution in [2.45, 2.75) is 38.6 Å². The minimum atomic E-state index is -0.491. The molecular weight excluding hydrogens is 334 g/mol. The highest BCUT2D eigenvalue weighted by Crippen LogP contribution is 2.23. The molecule has 2 rings (SSSR count). The highest BCUT2D eigenvalue weighted by atomic mass is 79.9. The van der Waals surface area contributed by atoms with Crippen LogP contribution in [-0.4, -0.2) is 24.5 Å². The van der Waals surface area contributed by atoms with Crippen molar-refractivity contribution >= 4 is 27.8 Å². The molecule has 0 bridgehead atoms. The Bertz CT molecular complexity index is 518. The summed E-state index contributed by atoms with van der Waals surface area (Å²) < 4.78 is 5.73. The predicted molar refractivity (Wildman–Crippen MR) is 84.0 cm³/mol. The van der Waals surface area contributed by atoms with E-state index in [0.717, 1.165) is 19.3 Å². The standard InChI is InChI=1S/C16H20BrNO3/c1-11-6-2-5-9-14(11)18-15(19)10-21-16(20)12-7-3-4-8-13(12)17/h3-4,7-8,11,14H,2,5-6,9-10H2,1H3,(H,18,19)/t11-,14+/m1/s1. The van der Waals surface area contributed by atoms with Crippen molar-refractivity contribution in [1.82, 2.24) is 5.32 Å². The lowest BCUT2D eigenvalue weighted by atomic mass is 9.86. The Morgan fingerprint density at radius 3 is 2.71 bits per heavy atom. The van der Waals surface area contributed by atoms with Crippen molar-refractivity contribution in [3.63, 3.8) is 0 Å². The third kappa shape index (κ3) is 4.56. The number of halogens is 1. The lowest BCUT2D eigenvalue weighted by Gasteiger charge is -2.29. The van der Waals surface area contributed by atoms with E-state index in [0.29, 0.717) is 16.0 Å². The van der Waals surface area contributed by atoms with Crippen LogP contribution in [0.2, 0.25) is 0 Å². The van der Waals surface area contributed by atoms with Crippen LogP contribution in [0.15, 0.2) is 28.7 Å². The van der Waals surface area contributed by atoms with Crippen molar-refractivity contribution in [1.29, 1.82) is 0 Å². The number of ether oxygens (including phenoxy) is 1. The normalized spacial score (nSPS) is 21.6. The first-order valence-corrected chi connectivity index (χ1v) is 8.08. The highest BCUT2D eigenvalue weighted by molar-refractivity contribution is 9.10. The van der Waals surface area contributed by atoms with Gasteiger partial charge < -0.3 is 10.1 Å². The largest absolute Gasteiger partial charge is 0.452 e. The van der Waals surface area contributed by atoms with E-state index in [9.17, 15) is 9.59 Å². The number of carbonyl (C=O) groups excluding carboxylic acids is 2. The summed E-state index contributed by atoms with van der Waals surface area (Å²) in [7, 11) is 0. The molecule has 0 radical (unpaired) electrons. The molecule has 1 aliphatic rings. The van der Waals surface area contributed by atoms with Gasteiger partial charge in [0.1, 0.15) is 0 Å². The average molecular weight is 354 g/mol. The van der Waals surface area contributed by atoms with Crippen molar-refractivity contribution in [3.8, 4) is 0 Å². The molecule has 1 aromatic carbocycles. The van der Waals surface area contributed by atoms with Crippen LogP contribution in [0.5, 0.6) is 0 Å². The minimum Gasteiger partial charge on any atom is -0.452 e. The van der Waals surface area contributed by atoms with Gasteiger partial charge in [-0.3, -0.25) is 4.79 Å². The number of hydrogen-bond donors (Lipinski definition) is 1. The molecule has 1 N–H and O–H groups in total. The lowest BCUT2D eigenvalue weighted by Crippen LogP contribution is -2.42.